The topological polar surface area (TPSA) is 55.1 Å². The molecule has 0 spiro atoms. The zero-order valence-corrected chi connectivity index (χ0v) is 9.13. The van der Waals surface area contributed by atoms with Crippen LogP contribution in [0.5, 0.6) is 0 Å². The number of rotatable bonds is 5. The molecule has 13 heavy (non-hydrogen) atoms. The van der Waals surface area contributed by atoms with Crippen molar-refractivity contribution in [2.45, 2.75) is 52.6 Å². The van der Waals surface area contributed by atoms with Crippen molar-refractivity contribution >= 4 is 5.91 Å². The zero-order chi connectivity index (χ0) is 10.4. The Bertz CT molecular complexity index is 157. The van der Waals surface area contributed by atoms with Crippen LogP contribution >= 0.6 is 0 Å². The standard InChI is InChI=1S/C10H22N2O/c1-5-6-9(11)10(13)12-8(4)7(2)3/h7-9H,5-6,11H2,1-4H3,(H,12,13)/t8?,9-/m0/s1. The summed E-state index contributed by atoms with van der Waals surface area (Å²) >= 11 is 0. The first-order valence-electron chi connectivity index (χ1n) is 5.05. The molecule has 0 rings (SSSR count). The molecule has 3 heteroatoms. The van der Waals surface area contributed by atoms with Gasteiger partial charge in [0.15, 0.2) is 0 Å². The summed E-state index contributed by atoms with van der Waals surface area (Å²) < 4.78 is 0. The van der Waals surface area contributed by atoms with Gasteiger partial charge in [0.25, 0.3) is 0 Å². The van der Waals surface area contributed by atoms with Crippen LogP contribution in [0, 0.1) is 5.92 Å². The van der Waals surface area contributed by atoms with Gasteiger partial charge in [-0.2, -0.15) is 0 Å². The molecule has 1 unspecified atom stereocenters. The molecule has 2 atom stereocenters. The van der Waals surface area contributed by atoms with Crippen LogP contribution in [0.25, 0.3) is 0 Å². The van der Waals surface area contributed by atoms with Gasteiger partial charge in [0.1, 0.15) is 0 Å². The third-order valence-corrected chi connectivity index (χ3v) is 2.31. The Balaban J connectivity index is 3.85. The van der Waals surface area contributed by atoms with Gasteiger partial charge in [-0.1, -0.05) is 27.2 Å². The molecule has 0 aromatic rings. The van der Waals surface area contributed by atoms with Crippen molar-refractivity contribution in [1.82, 2.24) is 5.32 Å². The Morgan fingerprint density at radius 3 is 2.31 bits per heavy atom. The van der Waals surface area contributed by atoms with Gasteiger partial charge in [0.2, 0.25) is 5.91 Å². The lowest BCUT2D eigenvalue weighted by Gasteiger charge is -2.19. The molecule has 0 aliphatic heterocycles. The van der Waals surface area contributed by atoms with Crippen molar-refractivity contribution in [2.75, 3.05) is 0 Å². The molecule has 0 aromatic carbocycles. The highest BCUT2D eigenvalue weighted by molar-refractivity contribution is 5.81. The first-order chi connectivity index (χ1) is 5.99. The molecule has 0 aliphatic rings. The van der Waals surface area contributed by atoms with Crippen molar-refractivity contribution in [3.63, 3.8) is 0 Å². The highest BCUT2D eigenvalue weighted by Crippen LogP contribution is 2.01. The fraction of sp³-hybridized carbons (Fsp3) is 0.900. The molecule has 0 saturated carbocycles. The SMILES string of the molecule is CCC[C@H](N)C(=O)NC(C)C(C)C. The Morgan fingerprint density at radius 2 is 1.92 bits per heavy atom. The maximum atomic E-state index is 11.4. The monoisotopic (exact) mass is 186 g/mol. The summed E-state index contributed by atoms with van der Waals surface area (Å²) in [5.41, 5.74) is 5.66. The Labute approximate surface area is 81.1 Å². The predicted octanol–water partition coefficient (Wildman–Crippen LogP) is 1.27. The number of carbonyl (C=O) groups is 1. The smallest absolute Gasteiger partial charge is 0.237 e. The summed E-state index contributed by atoms with van der Waals surface area (Å²) in [6, 6.07) is -0.137. The van der Waals surface area contributed by atoms with Crippen molar-refractivity contribution in [3.8, 4) is 0 Å². The van der Waals surface area contributed by atoms with Crippen molar-refractivity contribution in [2.24, 2.45) is 11.7 Å². The molecule has 0 aliphatic carbocycles. The number of hydrogen-bond acceptors (Lipinski definition) is 2. The lowest BCUT2D eigenvalue weighted by Crippen LogP contribution is -2.45. The van der Waals surface area contributed by atoms with E-state index in [0.29, 0.717) is 5.92 Å². The van der Waals surface area contributed by atoms with E-state index < -0.39 is 0 Å². The maximum absolute atomic E-state index is 11.4. The summed E-state index contributed by atoms with van der Waals surface area (Å²) in [5, 5.41) is 2.90. The molecular formula is C10H22N2O. The van der Waals surface area contributed by atoms with Crippen molar-refractivity contribution < 1.29 is 4.79 Å². The number of carbonyl (C=O) groups excluding carboxylic acids is 1. The van der Waals surface area contributed by atoms with Crippen LogP contribution in [0.15, 0.2) is 0 Å². The van der Waals surface area contributed by atoms with E-state index in [1.54, 1.807) is 0 Å². The van der Waals surface area contributed by atoms with Gasteiger partial charge in [-0.3, -0.25) is 4.79 Å². The van der Waals surface area contributed by atoms with Crippen molar-refractivity contribution in [1.29, 1.82) is 0 Å². The molecule has 78 valence electrons. The van der Waals surface area contributed by atoms with E-state index in [-0.39, 0.29) is 18.0 Å². The lowest BCUT2D eigenvalue weighted by atomic mass is 10.1. The molecule has 3 nitrogen and oxygen atoms in total. The van der Waals surface area contributed by atoms with E-state index in [9.17, 15) is 4.79 Å². The van der Waals surface area contributed by atoms with Gasteiger partial charge in [0.05, 0.1) is 6.04 Å². The second kappa shape index (κ2) is 5.97. The summed E-state index contributed by atoms with van der Waals surface area (Å²) in [5.74, 6) is 0.431. The third kappa shape index (κ3) is 4.88. The van der Waals surface area contributed by atoms with Crippen LogP contribution in [0.2, 0.25) is 0 Å². The van der Waals surface area contributed by atoms with E-state index in [0.717, 1.165) is 12.8 Å². The van der Waals surface area contributed by atoms with E-state index in [1.807, 2.05) is 13.8 Å². The lowest BCUT2D eigenvalue weighted by molar-refractivity contribution is -0.123. The van der Waals surface area contributed by atoms with Gasteiger partial charge in [-0.15, -0.1) is 0 Å². The minimum atomic E-state index is -0.341. The van der Waals surface area contributed by atoms with Crippen LogP contribution in [-0.2, 0) is 4.79 Å². The summed E-state index contributed by atoms with van der Waals surface area (Å²) in [6.45, 7) is 8.19. The first-order valence-corrected chi connectivity index (χ1v) is 5.05. The molecular weight excluding hydrogens is 164 g/mol. The largest absolute Gasteiger partial charge is 0.352 e. The number of amides is 1. The number of nitrogens with one attached hydrogen (secondary N) is 1. The van der Waals surface area contributed by atoms with Gasteiger partial charge in [-0.05, 0) is 19.3 Å². The second-order valence-electron chi connectivity index (χ2n) is 3.94. The number of nitrogens with two attached hydrogens (primary N) is 1. The van der Waals surface area contributed by atoms with E-state index in [4.69, 9.17) is 5.73 Å². The first kappa shape index (κ1) is 12.4. The molecule has 0 fully saturated rings. The average molecular weight is 186 g/mol. The second-order valence-corrected chi connectivity index (χ2v) is 3.94. The summed E-state index contributed by atoms with van der Waals surface area (Å²) in [4.78, 5) is 11.4. The van der Waals surface area contributed by atoms with Gasteiger partial charge < -0.3 is 11.1 Å². The van der Waals surface area contributed by atoms with Crippen molar-refractivity contribution in [3.05, 3.63) is 0 Å². The van der Waals surface area contributed by atoms with Crippen LogP contribution in [0.3, 0.4) is 0 Å². The molecule has 3 N–H and O–H groups in total. The minimum absolute atomic E-state index is 0.0250. The third-order valence-electron chi connectivity index (χ3n) is 2.31. The minimum Gasteiger partial charge on any atom is -0.352 e. The van der Waals surface area contributed by atoms with Crippen LogP contribution in [0.4, 0.5) is 0 Å². The molecule has 0 radical (unpaired) electrons. The fourth-order valence-corrected chi connectivity index (χ4v) is 0.940. The Morgan fingerprint density at radius 1 is 1.38 bits per heavy atom. The summed E-state index contributed by atoms with van der Waals surface area (Å²) in [6.07, 6.45) is 1.71. The highest BCUT2D eigenvalue weighted by atomic mass is 16.2. The Kier molecular flexibility index (Phi) is 5.71. The number of hydrogen-bond donors (Lipinski definition) is 2. The molecule has 0 bridgehead atoms. The highest BCUT2D eigenvalue weighted by Gasteiger charge is 2.15. The van der Waals surface area contributed by atoms with Crippen LogP contribution < -0.4 is 11.1 Å². The van der Waals surface area contributed by atoms with Crippen LogP contribution in [0.1, 0.15) is 40.5 Å². The average Bonchev–Trinajstić information content (AvgIpc) is 2.04. The van der Waals surface area contributed by atoms with Gasteiger partial charge >= 0.3 is 0 Å². The molecule has 0 heterocycles. The zero-order valence-electron chi connectivity index (χ0n) is 9.13. The van der Waals surface area contributed by atoms with E-state index in [1.165, 1.54) is 0 Å². The normalized spacial score (nSPS) is 15.5. The van der Waals surface area contributed by atoms with Gasteiger partial charge in [0, 0.05) is 6.04 Å². The molecule has 0 aromatic heterocycles. The van der Waals surface area contributed by atoms with E-state index in [2.05, 4.69) is 19.2 Å². The fourth-order valence-electron chi connectivity index (χ4n) is 0.940. The maximum Gasteiger partial charge on any atom is 0.237 e. The molecule has 0 saturated heterocycles. The quantitative estimate of drug-likeness (QED) is 0.679. The van der Waals surface area contributed by atoms with Crippen LogP contribution in [-0.4, -0.2) is 18.0 Å². The summed E-state index contributed by atoms with van der Waals surface area (Å²) in [7, 11) is 0. The Hall–Kier alpha value is -0.570. The van der Waals surface area contributed by atoms with E-state index >= 15 is 0 Å². The molecule has 1 amide bonds. The van der Waals surface area contributed by atoms with Gasteiger partial charge in [-0.25, -0.2) is 0 Å². The predicted molar refractivity (Wildman–Crippen MR) is 55.3 cm³/mol.